The van der Waals surface area contributed by atoms with Crippen LogP contribution in [-0.2, 0) is 4.79 Å². The summed E-state index contributed by atoms with van der Waals surface area (Å²) in [5.41, 5.74) is 7.66. The van der Waals surface area contributed by atoms with E-state index in [0.717, 1.165) is 82.5 Å². The number of ether oxygens (including phenoxy) is 1. The van der Waals surface area contributed by atoms with Crippen molar-refractivity contribution in [3.8, 4) is 6.01 Å². The van der Waals surface area contributed by atoms with Crippen LogP contribution in [0.2, 0.25) is 0 Å². The van der Waals surface area contributed by atoms with Gasteiger partial charge in [0.2, 0.25) is 0 Å². The van der Waals surface area contributed by atoms with Gasteiger partial charge in [-0.3, -0.25) is 9.69 Å². The number of rotatable bonds is 5. The minimum absolute atomic E-state index is 0.0711. The normalized spacial score (nSPS) is 33.6. The number of likely N-dealkylation sites (tertiary alicyclic amines) is 1. The van der Waals surface area contributed by atoms with Gasteiger partial charge in [-0.25, -0.2) is 0 Å². The summed E-state index contributed by atoms with van der Waals surface area (Å²) in [5.74, 6) is 1.15. The SMILES string of the molecule is C[C@H](Oc1nc(/C(O)=C2\CCC[C@@]3(CCCCC3=O)[C@@H]2N)cc(N2CCNC3(CC3)C2)n1)[C@@H]1CCCN1C. The van der Waals surface area contributed by atoms with E-state index in [4.69, 9.17) is 20.4 Å². The zero-order valence-electron chi connectivity index (χ0n) is 23.0. The van der Waals surface area contributed by atoms with Crippen molar-refractivity contribution in [2.75, 3.05) is 38.1 Å². The van der Waals surface area contributed by atoms with Crippen LogP contribution in [0.3, 0.4) is 0 Å². The number of piperazine rings is 1. The molecule has 0 amide bonds. The summed E-state index contributed by atoms with van der Waals surface area (Å²) < 4.78 is 6.37. The summed E-state index contributed by atoms with van der Waals surface area (Å²) in [4.78, 5) is 27.3. The van der Waals surface area contributed by atoms with Crippen molar-refractivity contribution in [3.63, 3.8) is 0 Å². The van der Waals surface area contributed by atoms with Crippen LogP contribution in [0.1, 0.15) is 83.2 Å². The molecule has 0 unspecified atom stereocenters. The predicted molar refractivity (Wildman–Crippen MR) is 147 cm³/mol. The molecule has 2 spiro atoms. The molecule has 9 nitrogen and oxygen atoms in total. The standard InChI is InChI=1S/C29H44N6O3/c1-19(22-8-6-15-34(22)2)38-27-32-21(17-24(33-27)35-16-14-31-28(18-35)12-13-28)25(37)20-7-5-11-29(26(20)30)10-4-3-9-23(29)36/h17,19,22,26,31,37H,3-16,18,30H2,1-2H3/b25-20-/t19-,22-,26+,29+/m0/s1. The molecule has 0 aromatic carbocycles. The summed E-state index contributed by atoms with van der Waals surface area (Å²) in [6, 6.07) is 2.02. The van der Waals surface area contributed by atoms with Crippen LogP contribution in [0.5, 0.6) is 6.01 Å². The van der Waals surface area contributed by atoms with Gasteiger partial charge in [-0.2, -0.15) is 9.97 Å². The molecule has 2 saturated heterocycles. The molecule has 208 valence electrons. The van der Waals surface area contributed by atoms with E-state index in [1.807, 2.05) is 6.07 Å². The van der Waals surface area contributed by atoms with Gasteiger partial charge in [0.05, 0.1) is 0 Å². The number of aliphatic hydroxyl groups excluding tert-OH is 1. The largest absolute Gasteiger partial charge is 0.506 e. The molecule has 0 bridgehead atoms. The highest BCUT2D eigenvalue weighted by atomic mass is 16.5. The van der Waals surface area contributed by atoms with Crippen LogP contribution in [0.25, 0.3) is 5.76 Å². The topological polar surface area (TPSA) is 117 Å². The van der Waals surface area contributed by atoms with Gasteiger partial charge in [0.15, 0.2) is 0 Å². The van der Waals surface area contributed by atoms with Gasteiger partial charge in [-0.15, -0.1) is 0 Å². The molecule has 3 aliphatic carbocycles. The van der Waals surface area contributed by atoms with Crippen molar-refractivity contribution < 1.29 is 14.6 Å². The van der Waals surface area contributed by atoms with Crippen LogP contribution in [0.15, 0.2) is 11.6 Å². The zero-order chi connectivity index (χ0) is 26.5. The smallest absolute Gasteiger partial charge is 0.319 e. The molecule has 1 aromatic heterocycles. The number of aliphatic hydroxyl groups is 1. The number of aromatic nitrogens is 2. The van der Waals surface area contributed by atoms with Crippen molar-refractivity contribution in [2.45, 2.75) is 101 Å². The van der Waals surface area contributed by atoms with Gasteiger partial charge in [0.25, 0.3) is 0 Å². The molecule has 5 aliphatic rings. The Hall–Kier alpha value is -2.23. The number of likely N-dealkylation sites (N-methyl/N-ethyl adjacent to an activating group) is 1. The highest BCUT2D eigenvalue weighted by Crippen LogP contribution is 2.48. The fraction of sp³-hybridized carbons (Fsp3) is 0.759. The Bertz CT molecular complexity index is 1100. The molecule has 5 fully saturated rings. The number of hydrogen-bond acceptors (Lipinski definition) is 9. The second kappa shape index (κ2) is 10.1. The van der Waals surface area contributed by atoms with Crippen molar-refractivity contribution in [3.05, 3.63) is 17.3 Å². The van der Waals surface area contributed by atoms with Crippen molar-refractivity contribution in [1.82, 2.24) is 20.2 Å². The van der Waals surface area contributed by atoms with Gasteiger partial charge in [0.1, 0.15) is 29.2 Å². The summed E-state index contributed by atoms with van der Waals surface area (Å²) in [6.07, 6.45) is 10.2. The second-order valence-corrected chi connectivity index (χ2v) is 12.5. The van der Waals surface area contributed by atoms with E-state index in [1.54, 1.807) is 0 Å². The van der Waals surface area contributed by atoms with Crippen LogP contribution < -0.4 is 20.7 Å². The average Bonchev–Trinajstić information content (AvgIpc) is 3.51. The van der Waals surface area contributed by atoms with E-state index < -0.39 is 11.5 Å². The Morgan fingerprint density at radius 3 is 2.71 bits per heavy atom. The van der Waals surface area contributed by atoms with Crippen molar-refractivity contribution in [2.24, 2.45) is 11.1 Å². The Kier molecular flexibility index (Phi) is 6.89. The van der Waals surface area contributed by atoms with Gasteiger partial charge in [-0.1, -0.05) is 6.42 Å². The Labute approximate surface area is 226 Å². The molecule has 3 heterocycles. The number of nitrogens with zero attached hydrogens (tertiary/aromatic N) is 4. The highest BCUT2D eigenvalue weighted by molar-refractivity contribution is 5.87. The molecule has 4 N–H and O–H groups in total. The third-order valence-electron chi connectivity index (χ3n) is 10.1. The zero-order valence-corrected chi connectivity index (χ0v) is 23.0. The molecular formula is C29H44N6O3. The quantitative estimate of drug-likeness (QED) is 0.499. The van der Waals surface area contributed by atoms with Gasteiger partial charge in [-0.05, 0) is 83.9 Å². The lowest BCUT2D eigenvalue weighted by Crippen LogP contribution is -2.53. The third kappa shape index (κ3) is 4.71. The molecule has 3 saturated carbocycles. The second-order valence-electron chi connectivity index (χ2n) is 12.5. The molecular weight excluding hydrogens is 480 g/mol. The molecule has 0 radical (unpaired) electrons. The molecule has 2 aliphatic heterocycles. The monoisotopic (exact) mass is 524 g/mol. The molecule has 38 heavy (non-hydrogen) atoms. The van der Waals surface area contributed by atoms with E-state index in [0.29, 0.717) is 30.6 Å². The van der Waals surface area contributed by atoms with E-state index in [1.165, 1.54) is 12.8 Å². The Balaban J connectivity index is 1.35. The summed E-state index contributed by atoms with van der Waals surface area (Å²) in [5, 5.41) is 15.3. The van der Waals surface area contributed by atoms with Crippen LogP contribution in [-0.4, -0.2) is 82.7 Å². The lowest BCUT2D eigenvalue weighted by Gasteiger charge is -2.45. The lowest BCUT2D eigenvalue weighted by molar-refractivity contribution is -0.133. The number of anilines is 1. The first kappa shape index (κ1) is 26.0. The maximum Gasteiger partial charge on any atom is 0.319 e. The number of nitrogens with two attached hydrogens (primary N) is 1. The number of nitrogens with one attached hydrogen (secondary N) is 1. The van der Waals surface area contributed by atoms with Crippen LogP contribution in [0, 0.1) is 5.41 Å². The fourth-order valence-corrected chi connectivity index (χ4v) is 7.54. The first-order valence-corrected chi connectivity index (χ1v) is 14.8. The molecule has 6 rings (SSSR count). The van der Waals surface area contributed by atoms with Crippen LogP contribution in [0.4, 0.5) is 5.82 Å². The van der Waals surface area contributed by atoms with Gasteiger partial charge < -0.3 is 25.8 Å². The fourth-order valence-electron chi connectivity index (χ4n) is 7.54. The number of ketones is 1. The predicted octanol–water partition coefficient (Wildman–Crippen LogP) is 3.19. The summed E-state index contributed by atoms with van der Waals surface area (Å²) in [6.45, 7) is 5.78. The van der Waals surface area contributed by atoms with Crippen molar-refractivity contribution in [1.29, 1.82) is 0 Å². The van der Waals surface area contributed by atoms with Gasteiger partial charge >= 0.3 is 6.01 Å². The van der Waals surface area contributed by atoms with E-state index >= 15 is 0 Å². The molecule has 1 aromatic rings. The highest BCUT2D eigenvalue weighted by Gasteiger charge is 2.49. The Morgan fingerprint density at radius 1 is 1.16 bits per heavy atom. The van der Waals surface area contributed by atoms with E-state index in [-0.39, 0.29) is 23.2 Å². The number of hydrogen-bond donors (Lipinski definition) is 3. The third-order valence-corrected chi connectivity index (χ3v) is 10.1. The lowest BCUT2D eigenvalue weighted by atomic mass is 9.60. The van der Waals surface area contributed by atoms with E-state index in [2.05, 4.69) is 29.1 Å². The summed E-state index contributed by atoms with van der Waals surface area (Å²) >= 11 is 0. The maximum atomic E-state index is 13.1. The Morgan fingerprint density at radius 2 is 1.97 bits per heavy atom. The molecule has 4 atom stereocenters. The van der Waals surface area contributed by atoms with E-state index in [9.17, 15) is 9.90 Å². The number of Topliss-reactive ketones (excluding diaryl/α,β-unsaturated/α-hetero) is 1. The average molecular weight is 525 g/mol. The minimum atomic E-state index is -0.548. The molecule has 9 heteroatoms. The van der Waals surface area contributed by atoms with Crippen LogP contribution >= 0.6 is 0 Å². The first-order valence-electron chi connectivity index (χ1n) is 14.8. The summed E-state index contributed by atoms with van der Waals surface area (Å²) in [7, 11) is 2.14. The number of carbonyl (C=O) groups is 1. The number of carbonyl (C=O) groups excluding carboxylic acids is 1. The minimum Gasteiger partial charge on any atom is -0.506 e. The van der Waals surface area contributed by atoms with Crippen molar-refractivity contribution >= 4 is 17.4 Å². The first-order chi connectivity index (χ1) is 18.3. The maximum absolute atomic E-state index is 13.1. The van der Waals surface area contributed by atoms with Gasteiger partial charge in [0, 0.05) is 55.2 Å².